The summed E-state index contributed by atoms with van der Waals surface area (Å²) in [5.74, 6) is -0.293. The molecule has 0 radical (unpaired) electrons. The van der Waals surface area contributed by atoms with Gasteiger partial charge in [-0.2, -0.15) is 4.68 Å². The number of carbonyl (C=O) groups is 1. The molecule has 0 saturated carbocycles. The van der Waals surface area contributed by atoms with Crippen molar-refractivity contribution in [3.05, 3.63) is 24.3 Å². The molecule has 1 N–H and O–H groups in total. The predicted molar refractivity (Wildman–Crippen MR) is 68.7 cm³/mol. The van der Waals surface area contributed by atoms with E-state index in [1.54, 1.807) is 6.07 Å². The average molecular weight is 280 g/mol. The highest BCUT2D eigenvalue weighted by molar-refractivity contribution is 7.99. The number of carboxylic acid groups (broad SMARTS) is 1. The summed E-state index contributed by atoms with van der Waals surface area (Å²) in [6, 6.07) is 7.28. The summed E-state index contributed by atoms with van der Waals surface area (Å²) in [5.41, 5.74) is 0.726. The molecule has 2 rings (SSSR count). The van der Waals surface area contributed by atoms with E-state index in [-0.39, 0.29) is 5.75 Å². The molecule has 0 aliphatic carbocycles. The lowest BCUT2D eigenvalue weighted by Gasteiger charge is -2.06. The van der Waals surface area contributed by atoms with Crippen LogP contribution in [0.4, 0.5) is 0 Å². The second kappa shape index (κ2) is 6.19. The van der Waals surface area contributed by atoms with Gasteiger partial charge in [-0.25, -0.2) is 0 Å². The van der Waals surface area contributed by atoms with Gasteiger partial charge in [0.05, 0.1) is 18.0 Å². The first-order valence-corrected chi connectivity index (χ1v) is 6.55. The standard InChI is InChI=1S/C11H12N4O3S/c1-2-18-9-5-3-4-8(6-9)15-11(12-13-14-15)19-7-10(16)17/h3-6H,2,7H2,1H3,(H,16,17). The highest BCUT2D eigenvalue weighted by Crippen LogP contribution is 2.21. The molecule has 0 bridgehead atoms. The Morgan fingerprint density at radius 1 is 1.53 bits per heavy atom. The van der Waals surface area contributed by atoms with Crippen LogP contribution in [0.3, 0.4) is 0 Å². The molecular weight excluding hydrogens is 268 g/mol. The maximum absolute atomic E-state index is 10.6. The second-order valence-electron chi connectivity index (χ2n) is 3.49. The number of carboxylic acids is 1. The predicted octanol–water partition coefficient (Wildman–Crippen LogP) is 1.24. The van der Waals surface area contributed by atoms with Gasteiger partial charge < -0.3 is 9.84 Å². The van der Waals surface area contributed by atoms with Gasteiger partial charge in [0.1, 0.15) is 5.75 Å². The number of benzene rings is 1. The number of tetrazole rings is 1. The zero-order valence-electron chi connectivity index (χ0n) is 10.2. The third-order valence-electron chi connectivity index (χ3n) is 2.14. The Hall–Kier alpha value is -2.09. The van der Waals surface area contributed by atoms with Crippen LogP contribution >= 0.6 is 11.8 Å². The van der Waals surface area contributed by atoms with Crippen LogP contribution in [0.15, 0.2) is 29.4 Å². The molecule has 0 saturated heterocycles. The largest absolute Gasteiger partial charge is 0.494 e. The van der Waals surface area contributed by atoms with Gasteiger partial charge in [-0.3, -0.25) is 4.79 Å². The van der Waals surface area contributed by atoms with Gasteiger partial charge in [-0.15, -0.1) is 5.10 Å². The van der Waals surface area contributed by atoms with E-state index in [0.29, 0.717) is 17.5 Å². The second-order valence-corrected chi connectivity index (χ2v) is 4.43. The minimum absolute atomic E-state index is 0.0917. The van der Waals surface area contributed by atoms with E-state index in [1.807, 2.05) is 25.1 Å². The Kier molecular flexibility index (Phi) is 4.35. The Morgan fingerprint density at radius 3 is 3.11 bits per heavy atom. The highest BCUT2D eigenvalue weighted by atomic mass is 32.2. The average Bonchev–Trinajstić information content (AvgIpc) is 2.85. The fraction of sp³-hybridized carbons (Fsp3) is 0.273. The van der Waals surface area contributed by atoms with Gasteiger partial charge in [0.15, 0.2) is 0 Å². The number of hydrogen-bond donors (Lipinski definition) is 1. The van der Waals surface area contributed by atoms with Crippen molar-refractivity contribution in [3.63, 3.8) is 0 Å². The Labute approximate surface area is 113 Å². The molecule has 0 aliphatic rings. The van der Waals surface area contributed by atoms with Crippen molar-refractivity contribution in [1.82, 2.24) is 20.2 Å². The van der Waals surface area contributed by atoms with Crippen molar-refractivity contribution >= 4 is 17.7 Å². The number of aliphatic carboxylic acids is 1. The third kappa shape index (κ3) is 3.44. The Balaban J connectivity index is 2.23. The molecule has 0 amide bonds. The maximum Gasteiger partial charge on any atom is 0.313 e. The first-order chi connectivity index (χ1) is 9.20. The molecule has 0 atom stereocenters. The molecule has 100 valence electrons. The fourth-order valence-electron chi connectivity index (χ4n) is 1.43. The van der Waals surface area contributed by atoms with Crippen LogP contribution in [0.5, 0.6) is 5.75 Å². The number of ether oxygens (including phenoxy) is 1. The molecule has 1 aromatic carbocycles. The normalized spacial score (nSPS) is 10.4. The van der Waals surface area contributed by atoms with E-state index in [4.69, 9.17) is 9.84 Å². The molecule has 8 heteroatoms. The van der Waals surface area contributed by atoms with Gasteiger partial charge in [-0.05, 0) is 29.5 Å². The van der Waals surface area contributed by atoms with Crippen molar-refractivity contribution in [3.8, 4) is 11.4 Å². The summed E-state index contributed by atoms with van der Waals surface area (Å²) < 4.78 is 6.88. The lowest BCUT2D eigenvalue weighted by atomic mass is 10.3. The zero-order valence-corrected chi connectivity index (χ0v) is 11.0. The summed E-state index contributed by atoms with van der Waals surface area (Å²) >= 11 is 1.06. The Bertz CT molecular complexity index is 573. The van der Waals surface area contributed by atoms with E-state index >= 15 is 0 Å². The van der Waals surface area contributed by atoms with Crippen molar-refractivity contribution in [2.24, 2.45) is 0 Å². The quantitative estimate of drug-likeness (QED) is 0.796. The Morgan fingerprint density at radius 2 is 2.37 bits per heavy atom. The molecule has 1 aromatic heterocycles. The minimum Gasteiger partial charge on any atom is -0.494 e. The molecule has 7 nitrogen and oxygen atoms in total. The van der Waals surface area contributed by atoms with E-state index in [1.165, 1.54) is 4.68 Å². The van der Waals surface area contributed by atoms with Crippen molar-refractivity contribution in [2.75, 3.05) is 12.4 Å². The van der Waals surface area contributed by atoms with Crippen LogP contribution in [-0.2, 0) is 4.79 Å². The van der Waals surface area contributed by atoms with Crippen LogP contribution in [-0.4, -0.2) is 43.6 Å². The number of nitrogens with zero attached hydrogens (tertiary/aromatic N) is 4. The minimum atomic E-state index is -0.914. The summed E-state index contributed by atoms with van der Waals surface area (Å²) in [5, 5.41) is 20.3. The third-order valence-corrected chi connectivity index (χ3v) is 3.04. The van der Waals surface area contributed by atoms with Crippen LogP contribution in [0.25, 0.3) is 5.69 Å². The van der Waals surface area contributed by atoms with E-state index in [9.17, 15) is 4.79 Å². The molecule has 0 aliphatic heterocycles. The van der Waals surface area contributed by atoms with Gasteiger partial charge >= 0.3 is 5.97 Å². The van der Waals surface area contributed by atoms with Crippen LogP contribution in [0, 0.1) is 0 Å². The van der Waals surface area contributed by atoms with Gasteiger partial charge in [-0.1, -0.05) is 17.8 Å². The molecular formula is C11H12N4O3S. The molecule has 0 unspecified atom stereocenters. The highest BCUT2D eigenvalue weighted by Gasteiger charge is 2.11. The number of thioether (sulfide) groups is 1. The fourth-order valence-corrected chi connectivity index (χ4v) is 2.04. The lowest BCUT2D eigenvalue weighted by molar-refractivity contribution is -0.133. The molecule has 19 heavy (non-hydrogen) atoms. The van der Waals surface area contributed by atoms with Gasteiger partial charge in [0, 0.05) is 6.07 Å². The van der Waals surface area contributed by atoms with Crippen LogP contribution in [0.2, 0.25) is 0 Å². The summed E-state index contributed by atoms with van der Waals surface area (Å²) in [6.45, 7) is 2.47. The molecule has 0 fully saturated rings. The maximum atomic E-state index is 10.6. The van der Waals surface area contributed by atoms with E-state index < -0.39 is 5.97 Å². The first-order valence-electron chi connectivity index (χ1n) is 5.57. The van der Waals surface area contributed by atoms with Crippen molar-refractivity contribution in [1.29, 1.82) is 0 Å². The van der Waals surface area contributed by atoms with Gasteiger partial charge in [0.2, 0.25) is 5.16 Å². The lowest BCUT2D eigenvalue weighted by Crippen LogP contribution is -2.03. The summed E-state index contributed by atoms with van der Waals surface area (Å²) in [7, 11) is 0. The molecule has 2 aromatic rings. The van der Waals surface area contributed by atoms with Crippen LogP contribution in [0.1, 0.15) is 6.92 Å². The smallest absolute Gasteiger partial charge is 0.313 e. The van der Waals surface area contributed by atoms with Crippen molar-refractivity contribution in [2.45, 2.75) is 12.1 Å². The van der Waals surface area contributed by atoms with Gasteiger partial charge in [0.25, 0.3) is 0 Å². The van der Waals surface area contributed by atoms with Crippen molar-refractivity contribution < 1.29 is 14.6 Å². The topological polar surface area (TPSA) is 90.1 Å². The summed E-state index contributed by atoms with van der Waals surface area (Å²) in [6.07, 6.45) is 0. The van der Waals surface area contributed by atoms with E-state index in [0.717, 1.165) is 17.4 Å². The van der Waals surface area contributed by atoms with Crippen LogP contribution < -0.4 is 4.74 Å². The summed E-state index contributed by atoms with van der Waals surface area (Å²) in [4.78, 5) is 10.6. The SMILES string of the molecule is CCOc1cccc(-n2nnnc2SCC(=O)O)c1. The zero-order chi connectivity index (χ0) is 13.7. The number of hydrogen-bond acceptors (Lipinski definition) is 6. The van der Waals surface area contributed by atoms with E-state index in [2.05, 4.69) is 15.5 Å². The first kappa shape index (κ1) is 13.3. The number of aromatic nitrogens is 4. The molecule has 1 heterocycles. The number of rotatable bonds is 6. The molecule has 0 spiro atoms. The monoisotopic (exact) mass is 280 g/mol.